The van der Waals surface area contributed by atoms with Gasteiger partial charge in [0, 0.05) is 43.9 Å². The van der Waals surface area contributed by atoms with Crippen LogP contribution in [-0.2, 0) is 0 Å². The van der Waals surface area contributed by atoms with Crippen molar-refractivity contribution in [2.75, 3.05) is 26.2 Å². The molecule has 5 heteroatoms. The number of nitrogens with one attached hydrogen (secondary N) is 1. The lowest BCUT2D eigenvalue weighted by Gasteiger charge is -2.38. The van der Waals surface area contributed by atoms with Crippen molar-refractivity contribution in [3.8, 4) is 0 Å². The molecular formula is C16H25ClF2N2. The highest BCUT2D eigenvalue weighted by atomic mass is 35.5. The molecule has 2 atom stereocenters. The second kappa shape index (κ2) is 8.66. The van der Waals surface area contributed by atoms with Gasteiger partial charge in [0.05, 0.1) is 0 Å². The SMILES string of the molecule is CCCC(C)[C@@H](c1ccc(F)cc1F)N1CCNCC1.Cl. The van der Waals surface area contributed by atoms with E-state index in [1.54, 1.807) is 6.07 Å². The topological polar surface area (TPSA) is 15.3 Å². The molecule has 1 unspecified atom stereocenters. The van der Waals surface area contributed by atoms with E-state index in [1.807, 2.05) is 0 Å². The van der Waals surface area contributed by atoms with Crippen molar-refractivity contribution in [1.82, 2.24) is 10.2 Å². The molecule has 2 rings (SSSR count). The van der Waals surface area contributed by atoms with Crippen LogP contribution in [0.25, 0.3) is 0 Å². The van der Waals surface area contributed by atoms with E-state index in [9.17, 15) is 8.78 Å². The monoisotopic (exact) mass is 318 g/mol. The zero-order chi connectivity index (χ0) is 14.5. The third-order valence-electron chi connectivity index (χ3n) is 4.11. The molecule has 120 valence electrons. The summed E-state index contributed by atoms with van der Waals surface area (Å²) in [6.45, 7) is 7.99. The zero-order valence-electron chi connectivity index (χ0n) is 12.7. The van der Waals surface area contributed by atoms with E-state index in [-0.39, 0.29) is 18.4 Å². The zero-order valence-corrected chi connectivity index (χ0v) is 13.6. The molecule has 1 aromatic carbocycles. The summed E-state index contributed by atoms with van der Waals surface area (Å²) in [7, 11) is 0. The first-order chi connectivity index (χ1) is 9.63. The van der Waals surface area contributed by atoms with E-state index in [0.29, 0.717) is 11.5 Å². The molecule has 0 spiro atoms. The van der Waals surface area contributed by atoms with Crippen LogP contribution in [0.15, 0.2) is 18.2 Å². The van der Waals surface area contributed by atoms with Gasteiger partial charge in [0.25, 0.3) is 0 Å². The van der Waals surface area contributed by atoms with Crippen LogP contribution < -0.4 is 5.32 Å². The second-order valence-corrected chi connectivity index (χ2v) is 5.66. The fourth-order valence-electron chi connectivity index (χ4n) is 3.18. The highest BCUT2D eigenvalue weighted by molar-refractivity contribution is 5.85. The molecule has 1 saturated heterocycles. The van der Waals surface area contributed by atoms with Crippen molar-refractivity contribution < 1.29 is 8.78 Å². The van der Waals surface area contributed by atoms with E-state index < -0.39 is 11.6 Å². The van der Waals surface area contributed by atoms with Crippen LogP contribution in [0.4, 0.5) is 8.78 Å². The minimum absolute atomic E-state index is 0. The van der Waals surface area contributed by atoms with Crippen molar-refractivity contribution >= 4 is 12.4 Å². The van der Waals surface area contributed by atoms with Gasteiger partial charge < -0.3 is 5.32 Å². The maximum atomic E-state index is 14.2. The summed E-state index contributed by atoms with van der Waals surface area (Å²) in [5, 5.41) is 3.32. The van der Waals surface area contributed by atoms with Gasteiger partial charge in [0.1, 0.15) is 11.6 Å². The van der Waals surface area contributed by atoms with Gasteiger partial charge in [0.2, 0.25) is 0 Å². The molecular weight excluding hydrogens is 294 g/mol. The highest BCUT2D eigenvalue weighted by Crippen LogP contribution is 2.33. The molecule has 0 aliphatic carbocycles. The molecule has 0 bridgehead atoms. The van der Waals surface area contributed by atoms with Crippen molar-refractivity contribution in [3.63, 3.8) is 0 Å². The highest BCUT2D eigenvalue weighted by Gasteiger charge is 2.29. The summed E-state index contributed by atoms with van der Waals surface area (Å²) in [4.78, 5) is 2.33. The number of hydrogen-bond acceptors (Lipinski definition) is 2. The summed E-state index contributed by atoms with van der Waals surface area (Å²) < 4.78 is 27.3. The number of halogens is 3. The number of rotatable bonds is 5. The largest absolute Gasteiger partial charge is 0.314 e. The number of piperazine rings is 1. The average Bonchev–Trinajstić information content (AvgIpc) is 2.43. The van der Waals surface area contributed by atoms with Gasteiger partial charge in [-0.1, -0.05) is 26.3 Å². The molecule has 0 radical (unpaired) electrons. The van der Waals surface area contributed by atoms with Gasteiger partial charge >= 0.3 is 0 Å². The van der Waals surface area contributed by atoms with Crippen molar-refractivity contribution in [1.29, 1.82) is 0 Å². The number of benzene rings is 1. The van der Waals surface area contributed by atoms with Crippen molar-refractivity contribution in [3.05, 3.63) is 35.4 Å². The van der Waals surface area contributed by atoms with E-state index in [1.165, 1.54) is 6.07 Å². The smallest absolute Gasteiger partial charge is 0.130 e. The van der Waals surface area contributed by atoms with E-state index in [2.05, 4.69) is 24.1 Å². The maximum absolute atomic E-state index is 14.2. The molecule has 1 N–H and O–H groups in total. The first kappa shape index (κ1) is 18.3. The molecule has 21 heavy (non-hydrogen) atoms. The molecule has 0 saturated carbocycles. The van der Waals surface area contributed by atoms with Gasteiger partial charge in [-0.2, -0.15) is 0 Å². The summed E-state index contributed by atoms with van der Waals surface area (Å²) in [5.41, 5.74) is 0.634. The van der Waals surface area contributed by atoms with Crippen LogP contribution in [0, 0.1) is 17.6 Å². The molecule has 0 amide bonds. The van der Waals surface area contributed by atoms with Gasteiger partial charge in [-0.3, -0.25) is 4.90 Å². The van der Waals surface area contributed by atoms with Crippen molar-refractivity contribution in [2.24, 2.45) is 5.92 Å². The van der Waals surface area contributed by atoms with E-state index in [4.69, 9.17) is 0 Å². The number of hydrogen-bond donors (Lipinski definition) is 1. The fraction of sp³-hybridized carbons (Fsp3) is 0.625. The summed E-state index contributed by atoms with van der Waals surface area (Å²) in [6.07, 6.45) is 2.12. The van der Waals surface area contributed by atoms with E-state index >= 15 is 0 Å². The Hall–Kier alpha value is -0.710. The second-order valence-electron chi connectivity index (χ2n) is 5.66. The van der Waals surface area contributed by atoms with E-state index in [0.717, 1.165) is 45.1 Å². The van der Waals surface area contributed by atoms with Crippen LogP contribution in [0.3, 0.4) is 0 Å². The summed E-state index contributed by atoms with van der Waals surface area (Å²) in [5.74, 6) is -0.567. The van der Waals surface area contributed by atoms with Crippen molar-refractivity contribution in [2.45, 2.75) is 32.7 Å². The Morgan fingerprint density at radius 2 is 1.90 bits per heavy atom. The quantitative estimate of drug-likeness (QED) is 0.889. The maximum Gasteiger partial charge on any atom is 0.130 e. The Morgan fingerprint density at radius 1 is 1.24 bits per heavy atom. The Balaban J connectivity index is 0.00000220. The Kier molecular flexibility index (Phi) is 7.57. The first-order valence-corrected chi connectivity index (χ1v) is 7.53. The summed E-state index contributed by atoms with van der Waals surface area (Å²) >= 11 is 0. The first-order valence-electron chi connectivity index (χ1n) is 7.53. The van der Waals surface area contributed by atoms with Gasteiger partial charge in [0.15, 0.2) is 0 Å². The predicted octanol–water partition coefficient (Wildman–Crippen LogP) is 3.77. The average molecular weight is 319 g/mol. The van der Waals surface area contributed by atoms with Crippen LogP contribution in [0.1, 0.15) is 38.3 Å². The Morgan fingerprint density at radius 3 is 2.48 bits per heavy atom. The summed E-state index contributed by atoms with van der Waals surface area (Å²) in [6, 6.07) is 4.02. The minimum atomic E-state index is -0.506. The molecule has 2 nitrogen and oxygen atoms in total. The third-order valence-corrected chi connectivity index (χ3v) is 4.11. The third kappa shape index (κ3) is 4.63. The standard InChI is InChI=1S/C16H24F2N2.ClH/c1-3-4-12(2)16(20-9-7-19-8-10-20)14-6-5-13(17)11-15(14)18;/h5-6,11-12,16,19H,3-4,7-10H2,1-2H3;1H/t12?,16-;/m0./s1. The minimum Gasteiger partial charge on any atom is -0.314 e. The molecule has 1 aliphatic heterocycles. The predicted molar refractivity (Wildman–Crippen MR) is 84.9 cm³/mol. The normalized spacial score (nSPS) is 18.9. The van der Waals surface area contributed by atoms with Crippen LogP contribution in [-0.4, -0.2) is 31.1 Å². The molecule has 1 heterocycles. The molecule has 1 fully saturated rings. The van der Waals surface area contributed by atoms with Crippen LogP contribution in [0.2, 0.25) is 0 Å². The Bertz CT molecular complexity index is 436. The lowest BCUT2D eigenvalue weighted by molar-refractivity contribution is 0.123. The van der Waals surface area contributed by atoms with Crippen LogP contribution in [0.5, 0.6) is 0 Å². The lowest BCUT2D eigenvalue weighted by Crippen LogP contribution is -2.46. The van der Waals surface area contributed by atoms with Crippen LogP contribution >= 0.6 is 12.4 Å². The Labute approximate surface area is 132 Å². The molecule has 1 aliphatic rings. The van der Waals surface area contributed by atoms with Gasteiger partial charge in [-0.15, -0.1) is 12.4 Å². The van der Waals surface area contributed by atoms with Gasteiger partial charge in [-0.25, -0.2) is 8.78 Å². The fourth-order valence-corrected chi connectivity index (χ4v) is 3.18. The number of nitrogens with zero attached hydrogens (tertiary/aromatic N) is 1. The van der Waals surface area contributed by atoms with Gasteiger partial charge in [-0.05, 0) is 18.4 Å². The lowest BCUT2D eigenvalue weighted by atomic mass is 9.89. The molecule has 0 aromatic heterocycles. The molecule has 1 aromatic rings.